The minimum absolute atomic E-state index is 0.108. The molecule has 2 aliphatic rings. The maximum Gasteiger partial charge on any atom is 0.228 e. The molecule has 2 fully saturated rings. The number of pyridine rings is 1. The lowest BCUT2D eigenvalue weighted by Gasteiger charge is -2.38. The van der Waals surface area contributed by atoms with E-state index in [1.54, 1.807) is 12.3 Å². The van der Waals surface area contributed by atoms with Crippen LogP contribution in [0.15, 0.2) is 16.7 Å². The Morgan fingerprint density at radius 1 is 1.24 bits per heavy atom. The summed E-state index contributed by atoms with van der Waals surface area (Å²) < 4.78 is 0.738. The third-order valence-corrected chi connectivity index (χ3v) is 5.62. The predicted molar refractivity (Wildman–Crippen MR) is 87.8 cm³/mol. The van der Waals surface area contributed by atoms with Crippen molar-refractivity contribution in [3.05, 3.63) is 16.7 Å². The van der Waals surface area contributed by atoms with Crippen molar-refractivity contribution in [2.45, 2.75) is 44.9 Å². The van der Waals surface area contributed by atoms with Gasteiger partial charge in [0, 0.05) is 5.92 Å². The van der Waals surface area contributed by atoms with Crippen LogP contribution in [0.3, 0.4) is 0 Å². The Balaban J connectivity index is 1.63. The number of hydrogen-bond acceptors (Lipinski definition) is 3. The fourth-order valence-corrected chi connectivity index (χ4v) is 4.34. The number of nitrogens with two attached hydrogens (primary N) is 1. The van der Waals surface area contributed by atoms with Gasteiger partial charge in [0.2, 0.25) is 5.91 Å². The third-order valence-electron chi connectivity index (χ3n) is 5.01. The molecule has 3 atom stereocenters. The second kappa shape index (κ2) is 6.34. The number of nitrogens with one attached hydrogen (secondary N) is 1. The molecule has 0 radical (unpaired) electrons. The predicted octanol–water partition coefficient (Wildman–Crippen LogP) is 3.97. The van der Waals surface area contributed by atoms with Crippen LogP contribution in [-0.4, -0.2) is 10.9 Å². The normalized spacial score (nSPS) is 28.7. The quantitative estimate of drug-likeness (QED) is 0.846. The molecule has 0 aliphatic heterocycles. The van der Waals surface area contributed by atoms with Crippen molar-refractivity contribution >= 4 is 33.3 Å². The van der Waals surface area contributed by atoms with Gasteiger partial charge < -0.3 is 11.1 Å². The van der Waals surface area contributed by atoms with Crippen LogP contribution in [0.2, 0.25) is 0 Å². The molecule has 4 nitrogen and oxygen atoms in total. The summed E-state index contributed by atoms with van der Waals surface area (Å²) in [5.41, 5.74) is 6.25. The van der Waals surface area contributed by atoms with Crippen molar-refractivity contribution in [3.63, 3.8) is 0 Å². The van der Waals surface area contributed by atoms with Gasteiger partial charge in [-0.3, -0.25) is 4.79 Å². The number of aromatic nitrogens is 1. The molecule has 3 N–H and O–H groups in total. The zero-order valence-electron chi connectivity index (χ0n) is 12.1. The van der Waals surface area contributed by atoms with Gasteiger partial charge in [-0.1, -0.05) is 25.7 Å². The van der Waals surface area contributed by atoms with Gasteiger partial charge in [-0.15, -0.1) is 0 Å². The molecule has 0 saturated heterocycles. The second-order valence-electron chi connectivity index (χ2n) is 6.40. The standard InChI is InChI=1S/C16H22BrN3O/c17-14-8-13(18)9-19-15(14)20-16(21)12-6-5-10-3-1-2-4-11(10)7-12/h8-12H,1-7,18H2,(H,19,20,21). The maximum atomic E-state index is 12.5. The summed E-state index contributed by atoms with van der Waals surface area (Å²) in [7, 11) is 0. The van der Waals surface area contributed by atoms with E-state index < -0.39 is 0 Å². The Hall–Kier alpha value is -1.10. The number of anilines is 2. The van der Waals surface area contributed by atoms with E-state index in [-0.39, 0.29) is 11.8 Å². The van der Waals surface area contributed by atoms with Crippen molar-refractivity contribution in [3.8, 4) is 0 Å². The summed E-state index contributed by atoms with van der Waals surface area (Å²) >= 11 is 3.40. The molecule has 0 bridgehead atoms. The van der Waals surface area contributed by atoms with Gasteiger partial charge in [0.15, 0.2) is 0 Å². The zero-order chi connectivity index (χ0) is 14.8. The molecule has 114 valence electrons. The van der Waals surface area contributed by atoms with E-state index in [0.29, 0.717) is 11.5 Å². The molecule has 3 rings (SSSR count). The SMILES string of the molecule is Nc1cnc(NC(=O)C2CCC3CCCCC3C2)c(Br)c1. The zero-order valence-corrected chi connectivity index (χ0v) is 13.7. The summed E-state index contributed by atoms with van der Waals surface area (Å²) in [6, 6.07) is 1.76. The number of fused-ring (bicyclic) bond motifs is 1. The minimum Gasteiger partial charge on any atom is -0.397 e. The van der Waals surface area contributed by atoms with Crippen molar-refractivity contribution < 1.29 is 4.79 Å². The molecule has 21 heavy (non-hydrogen) atoms. The monoisotopic (exact) mass is 351 g/mol. The lowest BCUT2D eigenvalue weighted by molar-refractivity contribution is -0.122. The molecule has 2 saturated carbocycles. The molecule has 1 amide bonds. The highest BCUT2D eigenvalue weighted by Crippen LogP contribution is 2.43. The van der Waals surface area contributed by atoms with Crippen LogP contribution >= 0.6 is 15.9 Å². The number of hydrogen-bond donors (Lipinski definition) is 2. The van der Waals surface area contributed by atoms with Gasteiger partial charge in [-0.25, -0.2) is 4.98 Å². The van der Waals surface area contributed by atoms with Gasteiger partial charge in [0.1, 0.15) is 5.82 Å². The number of nitrogen functional groups attached to an aromatic ring is 1. The lowest BCUT2D eigenvalue weighted by atomic mass is 9.67. The van der Waals surface area contributed by atoms with Gasteiger partial charge in [0.25, 0.3) is 0 Å². The number of amides is 1. The average molecular weight is 352 g/mol. The minimum atomic E-state index is 0.108. The van der Waals surface area contributed by atoms with Crippen LogP contribution in [0.4, 0.5) is 11.5 Å². The Bertz CT molecular complexity index is 534. The number of carbonyl (C=O) groups is 1. The molecule has 5 heteroatoms. The number of carbonyl (C=O) groups excluding carboxylic acids is 1. The Morgan fingerprint density at radius 2 is 2.00 bits per heavy atom. The van der Waals surface area contributed by atoms with Gasteiger partial charge >= 0.3 is 0 Å². The molecular weight excluding hydrogens is 330 g/mol. The molecule has 1 heterocycles. The van der Waals surface area contributed by atoms with Crippen molar-refractivity contribution in [2.24, 2.45) is 17.8 Å². The summed E-state index contributed by atoms with van der Waals surface area (Å²) in [5.74, 6) is 2.43. The maximum absolute atomic E-state index is 12.5. The molecular formula is C16H22BrN3O. The smallest absolute Gasteiger partial charge is 0.228 e. The Morgan fingerprint density at radius 3 is 2.76 bits per heavy atom. The Labute approximate surface area is 134 Å². The first-order valence-corrected chi connectivity index (χ1v) is 8.64. The fraction of sp³-hybridized carbons (Fsp3) is 0.625. The van der Waals surface area contributed by atoms with E-state index >= 15 is 0 Å². The summed E-state index contributed by atoms with van der Waals surface area (Å²) in [4.78, 5) is 16.7. The van der Waals surface area contributed by atoms with E-state index in [4.69, 9.17) is 5.73 Å². The number of nitrogens with zero attached hydrogens (tertiary/aromatic N) is 1. The van der Waals surface area contributed by atoms with Crippen LogP contribution in [0, 0.1) is 17.8 Å². The van der Waals surface area contributed by atoms with Gasteiger partial charge in [-0.05, 0) is 53.1 Å². The van der Waals surface area contributed by atoms with E-state index in [9.17, 15) is 4.79 Å². The number of rotatable bonds is 2. The lowest BCUT2D eigenvalue weighted by Crippen LogP contribution is -2.34. The summed E-state index contributed by atoms with van der Waals surface area (Å²) in [6.07, 6.45) is 10.2. The highest BCUT2D eigenvalue weighted by molar-refractivity contribution is 9.10. The molecule has 1 aromatic rings. The second-order valence-corrected chi connectivity index (χ2v) is 7.26. The van der Waals surface area contributed by atoms with Crippen molar-refractivity contribution in [1.29, 1.82) is 0 Å². The van der Waals surface area contributed by atoms with E-state index in [0.717, 1.165) is 29.2 Å². The largest absolute Gasteiger partial charge is 0.397 e. The number of halogens is 1. The van der Waals surface area contributed by atoms with Crippen LogP contribution in [0.1, 0.15) is 44.9 Å². The van der Waals surface area contributed by atoms with Crippen molar-refractivity contribution in [1.82, 2.24) is 4.98 Å². The van der Waals surface area contributed by atoms with Gasteiger partial charge in [0.05, 0.1) is 16.4 Å². The molecule has 2 aliphatic carbocycles. The highest BCUT2D eigenvalue weighted by Gasteiger charge is 2.35. The van der Waals surface area contributed by atoms with Crippen molar-refractivity contribution in [2.75, 3.05) is 11.1 Å². The third kappa shape index (κ3) is 3.39. The summed E-state index contributed by atoms with van der Waals surface area (Å²) in [5, 5.41) is 2.95. The summed E-state index contributed by atoms with van der Waals surface area (Å²) in [6.45, 7) is 0. The molecule has 0 aromatic carbocycles. The molecule has 0 spiro atoms. The topological polar surface area (TPSA) is 68.0 Å². The molecule has 1 aromatic heterocycles. The molecule has 3 unspecified atom stereocenters. The van der Waals surface area contributed by atoms with Gasteiger partial charge in [-0.2, -0.15) is 0 Å². The first-order valence-electron chi connectivity index (χ1n) is 7.85. The highest BCUT2D eigenvalue weighted by atomic mass is 79.9. The first kappa shape index (κ1) is 14.8. The van der Waals surface area contributed by atoms with Crippen LogP contribution < -0.4 is 11.1 Å². The fourth-order valence-electron chi connectivity index (χ4n) is 3.87. The van der Waals surface area contributed by atoms with E-state index in [1.165, 1.54) is 32.1 Å². The Kier molecular flexibility index (Phi) is 4.48. The van der Waals surface area contributed by atoms with E-state index in [1.807, 2.05) is 0 Å². The average Bonchev–Trinajstić information content (AvgIpc) is 2.49. The van der Waals surface area contributed by atoms with Crippen LogP contribution in [0.5, 0.6) is 0 Å². The van der Waals surface area contributed by atoms with E-state index in [2.05, 4.69) is 26.2 Å². The van der Waals surface area contributed by atoms with Crippen LogP contribution in [-0.2, 0) is 4.79 Å². The van der Waals surface area contributed by atoms with Crippen LogP contribution in [0.25, 0.3) is 0 Å². The first-order chi connectivity index (χ1) is 10.1.